The van der Waals surface area contributed by atoms with Crippen LogP contribution in [0.25, 0.3) is 0 Å². The SMILES string of the molecule is O=C(NC1CCCNC1)C1CCCN(S(=O)(=O)Cc2ccccc2)C1. The third-order valence-corrected chi connectivity index (χ3v) is 6.80. The normalized spacial score (nSPS) is 25.4. The summed E-state index contributed by atoms with van der Waals surface area (Å²) in [4.78, 5) is 12.5. The van der Waals surface area contributed by atoms with Crippen LogP contribution in [0.15, 0.2) is 30.3 Å². The number of benzene rings is 1. The molecule has 25 heavy (non-hydrogen) atoms. The van der Waals surface area contributed by atoms with E-state index in [-0.39, 0.29) is 23.6 Å². The number of rotatable bonds is 5. The molecule has 0 saturated carbocycles. The average molecular weight is 365 g/mol. The first-order valence-electron chi connectivity index (χ1n) is 9.07. The van der Waals surface area contributed by atoms with Gasteiger partial charge in [0.2, 0.25) is 15.9 Å². The van der Waals surface area contributed by atoms with E-state index in [1.807, 2.05) is 30.3 Å². The van der Waals surface area contributed by atoms with Crippen LogP contribution in [0.1, 0.15) is 31.2 Å². The van der Waals surface area contributed by atoms with Crippen LogP contribution in [0.2, 0.25) is 0 Å². The molecule has 6 nitrogen and oxygen atoms in total. The van der Waals surface area contributed by atoms with Crippen molar-refractivity contribution in [3.8, 4) is 0 Å². The summed E-state index contributed by atoms with van der Waals surface area (Å²) in [7, 11) is -3.39. The first kappa shape index (κ1) is 18.4. The third-order valence-electron chi connectivity index (χ3n) is 4.98. The molecule has 2 saturated heterocycles. The third kappa shape index (κ3) is 5.03. The second-order valence-electron chi connectivity index (χ2n) is 6.99. The van der Waals surface area contributed by atoms with Crippen molar-refractivity contribution in [3.63, 3.8) is 0 Å². The van der Waals surface area contributed by atoms with Crippen LogP contribution in [-0.2, 0) is 20.6 Å². The minimum absolute atomic E-state index is 0.00523. The molecule has 2 heterocycles. The summed E-state index contributed by atoms with van der Waals surface area (Å²) < 4.78 is 26.9. The zero-order chi connectivity index (χ0) is 17.7. The summed E-state index contributed by atoms with van der Waals surface area (Å²) in [6.07, 6.45) is 3.53. The Balaban J connectivity index is 1.59. The number of carbonyl (C=O) groups excluding carboxylic acids is 1. The number of hydrogen-bond acceptors (Lipinski definition) is 4. The second-order valence-corrected chi connectivity index (χ2v) is 8.96. The molecule has 0 aromatic heterocycles. The lowest BCUT2D eigenvalue weighted by Crippen LogP contribution is -2.51. The Morgan fingerprint density at radius 2 is 2.00 bits per heavy atom. The van der Waals surface area contributed by atoms with Crippen LogP contribution in [0.3, 0.4) is 0 Å². The lowest BCUT2D eigenvalue weighted by atomic mass is 9.97. The van der Waals surface area contributed by atoms with Gasteiger partial charge in [-0.1, -0.05) is 30.3 Å². The maximum atomic E-state index is 12.7. The first-order valence-corrected chi connectivity index (χ1v) is 10.7. The molecule has 2 aliphatic heterocycles. The monoisotopic (exact) mass is 365 g/mol. The number of carbonyl (C=O) groups is 1. The highest BCUT2D eigenvalue weighted by molar-refractivity contribution is 7.88. The zero-order valence-electron chi connectivity index (χ0n) is 14.5. The molecular formula is C18H27N3O3S. The Kier molecular flexibility index (Phi) is 6.09. The van der Waals surface area contributed by atoms with Crippen LogP contribution in [0, 0.1) is 5.92 Å². The number of amides is 1. The van der Waals surface area contributed by atoms with E-state index in [1.54, 1.807) is 0 Å². The molecule has 2 N–H and O–H groups in total. The fraction of sp³-hybridized carbons (Fsp3) is 0.611. The summed E-state index contributed by atoms with van der Waals surface area (Å²) in [5.74, 6) is -0.260. The fourth-order valence-electron chi connectivity index (χ4n) is 3.58. The molecule has 0 radical (unpaired) electrons. The smallest absolute Gasteiger partial charge is 0.224 e. The van der Waals surface area contributed by atoms with Gasteiger partial charge in [-0.15, -0.1) is 0 Å². The van der Waals surface area contributed by atoms with Crippen LogP contribution in [-0.4, -0.2) is 50.9 Å². The van der Waals surface area contributed by atoms with Gasteiger partial charge < -0.3 is 10.6 Å². The molecule has 2 atom stereocenters. The predicted octanol–water partition coefficient (Wildman–Crippen LogP) is 1.10. The topological polar surface area (TPSA) is 78.5 Å². The number of piperidine rings is 2. The van der Waals surface area contributed by atoms with Crippen molar-refractivity contribution >= 4 is 15.9 Å². The highest BCUT2D eigenvalue weighted by Gasteiger charge is 2.33. The van der Waals surface area contributed by atoms with E-state index in [9.17, 15) is 13.2 Å². The van der Waals surface area contributed by atoms with Gasteiger partial charge in [-0.2, -0.15) is 0 Å². The van der Waals surface area contributed by atoms with Crippen molar-refractivity contribution in [2.24, 2.45) is 5.92 Å². The van der Waals surface area contributed by atoms with E-state index in [0.717, 1.165) is 44.3 Å². The van der Waals surface area contributed by atoms with Gasteiger partial charge in [-0.3, -0.25) is 4.79 Å². The summed E-state index contributed by atoms with van der Waals surface area (Å²) in [6.45, 7) is 2.60. The molecule has 2 unspecified atom stereocenters. The van der Waals surface area contributed by atoms with E-state index in [1.165, 1.54) is 4.31 Å². The Labute approximate surface area is 150 Å². The van der Waals surface area contributed by atoms with Crippen molar-refractivity contribution < 1.29 is 13.2 Å². The lowest BCUT2D eigenvalue weighted by molar-refractivity contribution is -0.126. The number of hydrogen-bond donors (Lipinski definition) is 2. The molecule has 0 aliphatic carbocycles. The first-order chi connectivity index (χ1) is 12.0. The summed E-state index contributed by atoms with van der Waals surface area (Å²) in [5, 5.41) is 6.37. The van der Waals surface area contributed by atoms with E-state index >= 15 is 0 Å². The Morgan fingerprint density at radius 1 is 1.20 bits per heavy atom. The van der Waals surface area contributed by atoms with E-state index in [0.29, 0.717) is 13.1 Å². The molecule has 1 aromatic carbocycles. The van der Waals surface area contributed by atoms with E-state index in [2.05, 4.69) is 10.6 Å². The minimum Gasteiger partial charge on any atom is -0.352 e. The second kappa shape index (κ2) is 8.29. The Morgan fingerprint density at radius 3 is 2.72 bits per heavy atom. The highest BCUT2D eigenvalue weighted by Crippen LogP contribution is 2.22. The zero-order valence-corrected chi connectivity index (χ0v) is 15.3. The van der Waals surface area contributed by atoms with Gasteiger partial charge in [0.25, 0.3) is 0 Å². The van der Waals surface area contributed by atoms with Gasteiger partial charge in [-0.05, 0) is 37.8 Å². The molecule has 2 aliphatic rings. The molecule has 138 valence electrons. The fourth-order valence-corrected chi connectivity index (χ4v) is 5.19. The number of nitrogens with one attached hydrogen (secondary N) is 2. The van der Waals surface area contributed by atoms with Gasteiger partial charge >= 0.3 is 0 Å². The van der Waals surface area contributed by atoms with Crippen molar-refractivity contribution in [1.29, 1.82) is 0 Å². The van der Waals surface area contributed by atoms with Crippen LogP contribution in [0.4, 0.5) is 0 Å². The predicted molar refractivity (Wildman–Crippen MR) is 97.4 cm³/mol. The molecule has 3 rings (SSSR count). The van der Waals surface area contributed by atoms with Gasteiger partial charge in [-0.25, -0.2) is 12.7 Å². The molecule has 7 heteroatoms. The molecule has 1 amide bonds. The molecule has 1 aromatic rings. The maximum absolute atomic E-state index is 12.7. The Hall–Kier alpha value is -1.44. The van der Waals surface area contributed by atoms with Crippen LogP contribution < -0.4 is 10.6 Å². The minimum atomic E-state index is -3.39. The molecule has 2 fully saturated rings. The van der Waals surface area contributed by atoms with E-state index < -0.39 is 10.0 Å². The van der Waals surface area contributed by atoms with Crippen molar-refractivity contribution in [3.05, 3.63) is 35.9 Å². The van der Waals surface area contributed by atoms with Crippen molar-refractivity contribution in [2.45, 2.75) is 37.5 Å². The van der Waals surface area contributed by atoms with Crippen LogP contribution in [0.5, 0.6) is 0 Å². The molecule has 0 bridgehead atoms. The quantitative estimate of drug-likeness (QED) is 0.819. The van der Waals surface area contributed by atoms with Crippen molar-refractivity contribution in [2.75, 3.05) is 26.2 Å². The van der Waals surface area contributed by atoms with Gasteiger partial charge in [0, 0.05) is 25.7 Å². The summed E-state index contributed by atoms with van der Waals surface area (Å²) >= 11 is 0. The van der Waals surface area contributed by atoms with E-state index in [4.69, 9.17) is 0 Å². The summed E-state index contributed by atoms with van der Waals surface area (Å²) in [6, 6.07) is 9.36. The average Bonchev–Trinajstić information content (AvgIpc) is 2.63. The molecule has 0 spiro atoms. The van der Waals surface area contributed by atoms with Crippen LogP contribution >= 0.6 is 0 Å². The molecular weight excluding hydrogens is 338 g/mol. The van der Waals surface area contributed by atoms with Gasteiger partial charge in [0.1, 0.15) is 0 Å². The maximum Gasteiger partial charge on any atom is 0.224 e. The highest BCUT2D eigenvalue weighted by atomic mass is 32.2. The van der Waals surface area contributed by atoms with Crippen molar-refractivity contribution in [1.82, 2.24) is 14.9 Å². The van der Waals surface area contributed by atoms with Gasteiger partial charge in [0.05, 0.1) is 11.7 Å². The largest absolute Gasteiger partial charge is 0.352 e. The summed E-state index contributed by atoms with van der Waals surface area (Å²) in [5.41, 5.74) is 0.780. The Bertz CT molecular complexity index is 672. The van der Waals surface area contributed by atoms with Gasteiger partial charge in [0.15, 0.2) is 0 Å². The number of sulfonamides is 1. The number of nitrogens with zero attached hydrogens (tertiary/aromatic N) is 1. The standard InChI is InChI=1S/C18H27N3O3S/c22-18(20-17-9-4-10-19-12-17)16-8-5-11-21(13-16)25(23,24)14-15-6-2-1-3-7-15/h1-3,6-7,16-17,19H,4-5,8-14H2,(H,20,22). The lowest BCUT2D eigenvalue weighted by Gasteiger charge is -2.33.